The number of ketones is 1. The van der Waals surface area contributed by atoms with Gasteiger partial charge in [-0.2, -0.15) is 8.78 Å². The Morgan fingerprint density at radius 1 is 0.894 bits per heavy atom. The van der Waals surface area contributed by atoms with Crippen LogP contribution < -0.4 is 10.6 Å². The number of ether oxygens (including phenoxy) is 3. The number of Topliss-reactive ketones (excluding diaryl/α,β-unsaturated/α-hetero) is 1. The summed E-state index contributed by atoms with van der Waals surface area (Å²) in [6.45, 7) is 2.88. The lowest BCUT2D eigenvalue weighted by molar-refractivity contribution is -0.163. The molecule has 12 nitrogen and oxygen atoms in total. The molecule has 3 rings (SSSR count). The van der Waals surface area contributed by atoms with Crippen LogP contribution in [-0.2, 0) is 51.4 Å². The Kier molecular flexibility index (Phi) is 13.4. The van der Waals surface area contributed by atoms with Crippen LogP contribution in [0.15, 0.2) is 60.7 Å². The number of likely N-dealkylation sites (tertiary alicyclic amines) is 1. The van der Waals surface area contributed by atoms with Crippen LogP contribution in [0.2, 0.25) is 0 Å². The Labute approximate surface area is 271 Å². The summed E-state index contributed by atoms with van der Waals surface area (Å²) < 4.78 is 45.6. The fourth-order valence-corrected chi connectivity index (χ4v) is 4.86. The third-order valence-electron chi connectivity index (χ3n) is 7.51. The van der Waals surface area contributed by atoms with E-state index >= 15 is 8.78 Å². The van der Waals surface area contributed by atoms with Gasteiger partial charge in [-0.3, -0.25) is 24.1 Å². The number of hydrogen-bond donors (Lipinski definition) is 2. The Morgan fingerprint density at radius 2 is 1.47 bits per heavy atom. The maximum atomic E-state index is 15.3. The largest absolute Gasteiger partial charge is 0.467 e. The number of hydrogen-bond acceptors (Lipinski definition) is 9. The van der Waals surface area contributed by atoms with Crippen LogP contribution in [-0.4, -0.2) is 78.2 Å². The highest BCUT2D eigenvalue weighted by Gasteiger charge is 2.52. The number of alkyl halides is 2. The van der Waals surface area contributed by atoms with Crippen LogP contribution in [0.1, 0.15) is 50.7 Å². The summed E-state index contributed by atoms with van der Waals surface area (Å²) in [6, 6.07) is 13.0. The standard InChI is InChI=1S/C33H39F2N3O9/c1-21(2)27(37-29(41)25-15-10-18-38(25)32(44)47-20-23-13-8-5-9-14-23)28(40)33(34,35)31(43)36-24(30(42)45-3)16-17-26(39)46-19-22-11-6-4-7-12-22/h4-9,11-14,21,24-25,27H,10,15-20H2,1-3H3,(H,36,43)(H,37,41)/t24-,25?,27?/m0/s1. The molecule has 0 bridgehead atoms. The topological polar surface area (TPSA) is 157 Å². The van der Waals surface area contributed by atoms with E-state index < -0.39 is 78.4 Å². The molecular weight excluding hydrogens is 620 g/mol. The zero-order chi connectivity index (χ0) is 34.6. The molecule has 3 atom stereocenters. The van der Waals surface area contributed by atoms with Crippen molar-refractivity contribution in [2.45, 2.75) is 76.8 Å². The minimum atomic E-state index is -4.69. The Hall–Kier alpha value is -4.88. The number of carbonyl (C=O) groups is 6. The molecule has 1 aliphatic rings. The van der Waals surface area contributed by atoms with Gasteiger partial charge in [0.2, 0.25) is 11.7 Å². The predicted octanol–water partition coefficient (Wildman–Crippen LogP) is 3.31. The van der Waals surface area contributed by atoms with Crippen LogP contribution in [0.3, 0.4) is 0 Å². The lowest BCUT2D eigenvalue weighted by atomic mass is 9.94. The van der Waals surface area contributed by atoms with Gasteiger partial charge < -0.3 is 24.8 Å². The summed E-state index contributed by atoms with van der Waals surface area (Å²) in [5.74, 6) is -12.3. The Morgan fingerprint density at radius 3 is 2.02 bits per heavy atom. The molecule has 2 aromatic carbocycles. The number of rotatable bonds is 15. The smallest absolute Gasteiger partial charge is 0.410 e. The number of nitrogens with zero attached hydrogens (tertiary/aromatic N) is 1. The van der Waals surface area contributed by atoms with Gasteiger partial charge in [0.15, 0.2) is 0 Å². The van der Waals surface area contributed by atoms with Crippen LogP contribution >= 0.6 is 0 Å². The first-order valence-electron chi connectivity index (χ1n) is 15.1. The van der Waals surface area contributed by atoms with Crippen molar-refractivity contribution in [3.05, 3.63) is 71.8 Å². The SMILES string of the molecule is COC(=O)[C@H](CCC(=O)OCc1ccccc1)NC(=O)C(F)(F)C(=O)C(NC(=O)C1CCCN1C(=O)OCc1ccccc1)C(C)C. The van der Waals surface area contributed by atoms with Gasteiger partial charge in [-0.05, 0) is 36.3 Å². The maximum Gasteiger partial charge on any atom is 0.410 e. The molecular formula is C33H39F2N3O9. The van der Waals surface area contributed by atoms with E-state index in [0.717, 1.165) is 17.6 Å². The quantitative estimate of drug-likeness (QED) is 0.166. The van der Waals surface area contributed by atoms with Gasteiger partial charge in [-0.1, -0.05) is 74.5 Å². The summed E-state index contributed by atoms with van der Waals surface area (Å²) in [5, 5.41) is 4.08. The monoisotopic (exact) mass is 659 g/mol. The van der Waals surface area contributed by atoms with Crippen molar-refractivity contribution in [2.24, 2.45) is 5.92 Å². The minimum Gasteiger partial charge on any atom is -0.467 e. The molecule has 1 saturated heterocycles. The minimum absolute atomic E-state index is 0.0413. The number of methoxy groups -OCH3 is 1. The Balaban J connectivity index is 1.61. The van der Waals surface area contributed by atoms with Crippen LogP contribution in [0.25, 0.3) is 0 Å². The number of halogens is 2. The van der Waals surface area contributed by atoms with Crippen molar-refractivity contribution >= 4 is 35.6 Å². The van der Waals surface area contributed by atoms with Crippen LogP contribution in [0.4, 0.5) is 13.6 Å². The van der Waals surface area contributed by atoms with Gasteiger partial charge in [-0.15, -0.1) is 0 Å². The van der Waals surface area contributed by atoms with E-state index in [1.54, 1.807) is 66.0 Å². The molecule has 0 aliphatic carbocycles. The van der Waals surface area contributed by atoms with Crippen molar-refractivity contribution in [3.63, 3.8) is 0 Å². The van der Waals surface area contributed by atoms with Gasteiger partial charge in [0.05, 0.1) is 13.2 Å². The average molecular weight is 660 g/mol. The second-order valence-corrected chi connectivity index (χ2v) is 11.3. The molecule has 0 saturated carbocycles. The molecule has 0 aromatic heterocycles. The molecule has 47 heavy (non-hydrogen) atoms. The number of esters is 2. The van der Waals surface area contributed by atoms with Crippen molar-refractivity contribution in [3.8, 4) is 0 Å². The molecule has 2 aromatic rings. The molecule has 2 unspecified atom stereocenters. The molecule has 2 N–H and O–H groups in total. The van der Waals surface area contributed by atoms with Gasteiger partial charge in [0.1, 0.15) is 25.3 Å². The van der Waals surface area contributed by atoms with E-state index in [0.29, 0.717) is 12.0 Å². The summed E-state index contributed by atoms with van der Waals surface area (Å²) in [4.78, 5) is 77.3. The predicted molar refractivity (Wildman–Crippen MR) is 162 cm³/mol. The lowest BCUT2D eigenvalue weighted by Crippen LogP contribution is -2.60. The average Bonchev–Trinajstić information content (AvgIpc) is 3.57. The fourth-order valence-electron chi connectivity index (χ4n) is 4.86. The van der Waals surface area contributed by atoms with E-state index in [1.165, 1.54) is 13.8 Å². The number of nitrogens with one attached hydrogen (secondary N) is 2. The third kappa shape index (κ3) is 10.3. The summed E-state index contributed by atoms with van der Waals surface area (Å²) >= 11 is 0. The van der Waals surface area contributed by atoms with Crippen molar-refractivity contribution in [2.75, 3.05) is 13.7 Å². The highest BCUT2D eigenvalue weighted by atomic mass is 19.3. The molecule has 14 heteroatoms. The number of amides is 3. The van der Waals surface area contributed by atoms with E-state index in [4.69, 9.17) is 9.47 Å². The number of carbonyl (C=O) groups excluding carboxylic acids is 6. The maximum absolute atomic E-state index is 15.3. The fraction of sp³-hybridized carbons (Fsp3) is 0.455. The number of benzene rings is 2. The first-order chi connectivity index (χ1) is 22.3. The lowest BCUT2D eigenvalue weighted by Gasteiger charge is -2.29. The molecule has 0 radical (unpaired) electrons. The Bertz CT molecular complexity index is 1410. The van der Waals surface area contributed by atoms with Crippen LogP contribution in [0, 0.1) is 5.92 Å². The highest BCUT2D eigenvalue weighted by molar-refractivity contribution is 6.11. The zero-order valence-corrected chi connectivity index (χ0v) is 26.4. The second kappa shape index (κ2) is 17.2. The molecule has 0 spiro atoms. The normalized spacial score (nSPS) is 15.7. The van der Waals surface area contributed by atoms with Crippen molar-refractivity contribution in [1.29, 1.82) is 0 Å². The van der Waals surface area contributed by atoms with Gasteiger partial charge in [-0.25, -0.2) is 9.59 Å². The first kappa shape index (κ1) is 36.6. The molecule has 254 valence electrons. The van der Waals surface area contributed by atoms with Gasteiger partial charge in [0.25, 0.3) is 5.91 Å². The van der Waals surface area contributed by atoms with Crippen molar-refractivity contribution < 1.29 is 51.8 Å². The summed E-state index contributed by atoms with van der Waals surface area (Å²) in [6.07, 6.45) is -1.01. The van der Waals surface area contributed by atoms with Gasteiger partial charge in [0, 0.05) is 13.0 Å². The molecule has 1 aliphatic heterocycles. The summed E-state index contributed by atoms with van der Waals surface area (Å²) in [5.41, 5.74) is 1.43. The first-order valence-corrected chi connectivity index (χ1v) is 15.1. The van der Waals surface area contributed by atoms with E-state index in [9.17, 15) is 28.8 Å². The molecule has 1 heterocycles. The molecule has 1 fully saturated rings. The summed E-state index contributed by atoms with van der Waals surface area (Å²) in [7, 11) is 0.965. The van der Waals surface area contributed by atoms with Crippen LogP contribution in [0.5, 0.6) is 0 Å². The molecule has 3 amide bonds. The van der Waals surface area contributed by atoms with Gasteiger partial charge >= 0.3 is 24.0 Å². The van der Waals surface area contributed by atoms with E-state index in [2.05, 4.69) is 10.1 Å². The van der Waals surface area contributed by atoms with Crippen molar-refractivity contribution in [1.82, 2.24) is 15.5 Å². The van der Waals surface area contributed by atoms with E-state index in [-0.39, 0.29) is 26.2 Å². The third-order valence-corrected chi connectivity index (χ3v) is 7.51. The second-order valence-electron chi connectivity index (χ2n) is 11.3. The van der Waals surface area contributed by atoms with E-state index in [1.807, 2.05) is 0 Å². The highest BCUT2D eigenvalue weighted by Crippen LogP contribution is 2.24. The zero-order valence-electron chi connectivity index (χ0n) is 26.4.